The van der Waals surface area contributed by atoms with Gasteiger partial charge in [-0.3, -0.25) is 9.69 Å². The van der Waals surface area contributed by atoms with Gasteiger partial charge in [-0.25, -0.2) is 4.98 Å². The molecule has 1 aliphatic rings. The third-order valence-corrected chi connectivity index (χ3v) is 5.91. The summed E-state index contributed by atoms with van der Waals surface area (Å²) in [5, 5.41) is 1.95. The average Bonchev–Trinajstić information content (AvgIpc) is 3.46. The molecule has 1 aliphatic heterocycles. The first-order valence-electron chi connectivity index (χ1n) is 10.1. The predicted octanol–water partition coefficient (Wildman–Crippen LogP) is 4.43. The number of nitrogens with zero attached hydrogens (tertiary/aromatic N) is 3. The van der Waals surface area contributed by atoms with Crippen molar-refractivity contribution in [2.75, 3.05) is 26.3 Å². The Hall–Kier alpha value is -2.69. The number of ether oxygens (including phenoxy) is 1. The zero-order valence-corrected chi connectivity index (χ0v) is 18.0. The van der Waals surface area contributed by atoms with Crippen LogP contribution in [0.25, 0.3) is 0 Å². The Morgan fingerprint density at radius 1 is 1.12 bits per heavy atom. The summed E-state index contributed by atoms with van der Waals surface area (Å²) in [5.41, 5.74) is 0.0742. The normalized spacial score (nSPS) is 14.8. The molecule has 0 bridgehead atoms. The van der Waals surface area contributed by atoms with E-state index in [2.05, 4.69) is 4.98 Å². The fourth-order valence-electron chi connectivity index (χ4n) is 3.50. The van der Waals surface area contributed by atoms with E-state index in [1.165, 1.54) is 12.3 Å². The quantitative estimate of drug-likeness (QED) is 0.517. The minimum atomic E-state index is -4.40. The second-order valence-electron chi connectivity index (χ2n) is 7.45. The van der Waals surface area contributed by atoms with Gasteiger partial charge >= 0.3 is 6.18 Å². The fraction of sp³-hybridized carbons (Fsp3) is 0.364. The van der Waals surface area contributed by atoms with Gasteiger partial charge in [0.05, 0.1) is 25.3 Å². The van der Waals surface area contributed by atoms with E-state index in [0.29, 0.717) is 44.3 Å². The number of alkyl halides is 3. The molecule has 3 heterocycles. The van der Waals surface area contributed by atoms with Crippen LogP contribution in [-0.4, -0.2) is 47.0 Å². The van der Waals surface area contributed by atoms with Crippen LogP contribution in [0.4, 0.5) is 13.2 Å². The lowest BCUT2D eigenvalue weighted by atomic mass is 10.1. The van der Waals surface area contributed by atoms with E-state index in [9.17, 15) is 18.0 Å². The third kappa shape index (κ3) is 5.76. The van der Waals surface area contributed by atoms with Crippen LogP contribution in [-0.2, 0) is 30.5 Å². The number of amides is 1. The van der Waals surface area contributed by atoms with Crippen molar-refractivity contribution in [1.82, 2.24) is 14.8 Å². The van der Waals surface area contributed by atoms with Gasteiger partial charge in [0.15, 0.2) is 5.69 Å². The molecular weight excluding hydrogens is 443 g/mol. The summed E-state index contributed by atoms with van der Waals surface area (Å²) in [6.07, 6.45) is -3.06. The molecule has 3 aromatic rings. The van der Waals surface area contributed by atoms with Crippen molar-refractivity contribution in [1.29, 1.82) is 0 Å². The Balaban J connectivity index is 1.49. The maximum atomic E-state index is 13.1. The van der Waals surface area contributed by atoms with Gasteiger partial charge < -0.3 is 14.1 Å². The Labute approximate surface area is 187 Å². The fourth-order valence-corrected chi connectivity index (χ4v) is 4.24. The van der Waals surface area contributed by atoms with Crippen LogP contribution in [0.5, 0.6) is 0 Å². The zero-order valence-electron chi connectivity index (χ0n) is 17.2. The zero-order chi connectivity index (χ0) is 22.6. The van der Waals surface area contributed by atoms with E-state index in [1.807, 2.05) is 22.4 Å². The number of oxazole rings is 1. The Bertz CT molecular complexity index is 1030. The van der Waals surface area contributed by atoms with Crippen LogP contribution >= 0.6 is 11.3 Å². The first kappa shape index (κ1) is 22.5. The van der Waals surface area contributed by atoms with Crippen molar-refractivity contribution in [3.63, 3.8) is 0 Å². The molecule has 6 nitrogen and oxygen atoms in total. The van der Waals surface area contributed by atoms with Crippen LogP contribution < -0.4 is 0 Å². The first-order valence-corrected chi connectivity index (χ1v) is 11.0. The van der Waals surface area contributed by atoms with Crippen molar-refractivity contribution in [3.05, 3.63) is 75.6 Å². The molecule has 1 amide bonds. The van der Waals surface area contributed by atoms with E-state index < -0.39 is 11.7 Å². The number of benzene rings is 1. The number of carbonyl (C=O) groups excluding carboxylic acids is 1. The number of rotatable bonds is 7. The van der Waals surface area contributed by atoms with Crippen molar-refractivity contribution < 1.29 is 27.1 Å². The molecule has 32 heavy (non-hydrogen) atoms. The minimum Gasteiger partial charge on any atom is -0.447 e. The van der Waals surface area contributed by atoms with Crippen LogP contribution in [0.1, 0.15) is 32.4 Å². The van der Waals surface area contributed by atoms with Crippen LogP contribution in [0.3, 0.4) is 0 Å². The van der Waals surface area contributed by atoms with Crippen molar-refractivity contribution >= 4 is 17.2 Å². The second-order valence-corrected chi connectivity index (χ2v) is 8.49. The molecule has 1 fully saturated rings. The predicted molar refractivity (Wildman–Crippen MR) is 112 cm³/mol. The largest absolute Gasteiger partial charge is 0.447 e. The van der Waals surface area contributed by atoms with Gasteiger partial charge in [0.2, 0.25) is 5.89 Å². The number of aromatic nitrogens is 1. The maximum absolute atomic E-state index is 13.1. The molecule has 0 radical (unpaired) electrons. The molecule has 2 aromatic heterocycles. The molecule has 0 aliphatic carbocycles. The van der Waals surface area contributed by atoms with Crippen LogP contribution in [0.2, 0.25) is 0 Å². The van der Waals surface area contributed by atoms with Gasteiger partial charge in [0.25, 0.3) is 5.91 Å². The number of carbonyl (C=O) groups is 1. The molecule has 0 saturated carbocycles. The maximum Gasteiger partial charge on any atom is 0.416 e. The minimum absolute atomic E-state index is 0.217. The topological polar surface area (TPSA) is 58.8 Å². The molecule has 1 saturated heterocycles. The number of hydrogen-bond acceptors (Lipinski definition) is 6. The third-order valence-electron chi connectivity index (χ3n) is 5.05. The number of morpholine rings is 1. The first-order chi connectivity index (χ1) is 15.4. The van der Waals surface area contributed by atoms with E-state index in [1.54, 1.807) is 22.3 Å². The van der Waals surface area contributed by atoms with Gasteiger partial charge in [-0.1, -0.05) is 24.3 Å². The lowest BCUT2D eigenvalue weighted by molar-refractivity contribution is -0.137. The average molecular weight is 465 g/mol. The Morgan fingerprint density at radius 3 is 2.66 bits per heavy atom. The summed E-state index contributed by atoms with van der Waals surface area (Å²) in [5.74, 6) is 0.121. The lowest BCUT2D eigenvalue weighted by Gasteiger charge is -2.25. The lowest BCUT2D eigenvalue weighted by Crippen LogP contribution is -2.40. The molecule has 4 rings (SSSR count). The Morgan fingerprint density at radius 2 is 1.94 bits per heavy atom. The van der Waals surface area contributed by atoms with Gasteiger partial charge in [0.1, 0.15) is 6.26 Å². The van der Waals surface area contributed by atoms with Gasteiger partial charge in [-0.2, -0.15) is 13.2 Å². The molecule has 0 atom stereocenters. The van der Waals surface area contributed by atoms with Gasteiger partial charge in [-0.05, 0) is 23.1 Å². The smallest absolute Gasteiger partial charge is 0.416 e. The van der Waals surface area contributed by atoms with E-state index in [-0.39, 0.29) is 24.7 Å². The van der Waals surface area contributed by atoms with E-state index in [4.69, 9.17) is 9.15 Å². The number of halogens is 3. The summed E-state index contributed by atoms with van der Waals surface area (Å²) in [4.78, 5) is 21.6. The molecule has 0 spiro atoms. The van der Waals surface area contributed by atoms with Crippen LogP contribution in [0, 0.1) is 0 Å². The van der Waals surface area contributed by atoms with Crippen molar-refractivity contribution in [3.8, 4) is 0 Å². The molecular formula is C22H22F3N3O3S. The summed E-state index contributed by atoms with van der Waals surface area (Å²) in [7, 11) is 0. The van der Waals surface area contributed by atoms with Crippen molar-refractivity contribution in [2.24, 2.45) is 0 Å². The highest BCUT2D eigenvalue weighted by Crippen LogP contribution is 2.30. The second kappa shape index (κ2) is 9.85. The molecule has 0 unspecified atom stereocenters. The summed E-state index contributed by atoms with van der Waals surface area (Å²) in [6, 6.07) is 9.18. The summed E-state index contributed by atoms with van der Waals surface area (Å²) < 4.78 is 50.1. The molecule has 0 N–H and O–H groups in total. The van der Waals surface area contributed by atoms with E-state index in [0.717, 1.165) is 17.0 Å². The molecule has 170 valence electrons. The SMILES string of the molecule is O=C(c1coc(CN(Cc2cccc(C(F)(F)F)c2)Cc2cccs2)n1)N1CCOCC1. The van der Waals surface area contributed by atoms with Crippen molar-refractivity contribution in [2.45, 2.75) is 25.8 Å². The van der Waals surface area contributed by atoms with Gasteiger partial charge in [-0.15, -0.1) is 11.3 Å². The summed E-state index contributed by atoms with van der Waals surface area (Å²) in [6.45, 7) is 3.02. The molecule has 1 aromatic carbocycles. The molecule has 10 heteroatoms. The monoisotopic (exact) mass is 465 g/mol. The number of hydrogen-bond donors (Lipinski definition) is 0. The highest BCUT2D eigenvalue weighted by atomic mass is 32.1. The van der Waals surface area contributed by atoms with Crippen LogP contribution in [0.15, 0.2) is 52.5 Å². The highest BCUT2D eigenvalue weighted by Gasteiger charge is 2.30. The highest BCUT2D eigenvalue weighted by molar-refractivity contribution is 7.09. The Kier molecular flexibility index (Phi) is 6.92. The van der Waals surface area contributed by atoms with Gasteiger partial charge in [0, 0.05) is 31.1 Å². The summed E-state index contributed by atoms with van der Waals surface area (Å²) >= 11 is 1.56. The van der Waals surface area contributed by atoms with E-state index >= 15 is 0 Å². The standard InChI is InChI=1S/C22H22F3N3O3S/c23-22(24,25)17-4-1-3-16(11-17)12-27(13-18-5-2-10-32-18)14-20-26-19(15-31-20)21(29)28-6-8-30-9-7-28/h1-5,10-11,15H,6-9,12-14H2. The number of thiophene rings is 1.